The van der Waals surface area contributed by atoms with Crippen LogP contribution in [-0.2, 0) is 38.6 Å². The Kier molecular flexibility index (Phi) is 7.19. The summed E-state index contributed by atoms with van der Waals surface area (Å²) in [6.45, 7) is 2.25. The number of likely N-dealkylation sites (N-methyl/N-ethyl adjacent to an activating group) is 1. The molecule has 3 aliphatic carbocycles. The first-order valence-electron chi connectivity index (χ1n) is 14.0. The summed E-state index contributed by atoms with van der Waals surface area (Å²) < 4.78 is 27.4. The summed E-state index contributed by atoms with van der Waals surface area (Å²) >= 11 is 0. The first kappa shape index (κ1) is 29.4. The predicted molar refractivity (Wildman–Crippen MR) is 140 cm³/mol. The Morgan fingerprint density at radius 1 is 1.12 bits per heavy atom. The van der Waals surface area contributed by atoms with E-state index >= 15 is 0 Å². The molecule has 3 fully saturated rings. The summed E-state index contributed by atoms with van der Waals surface area (Å²) in [5, 5.41) is 23.0. The van der Waals surface area contributed by atoms with Gasteiger partial charge in [-0.3, -0.25) is 33.8 Å². The molecule has 222 valence electrons. The van der Waals surface area contributed by atoms with Crippen LogP contribution in [0, 0.1) is 23.7 Å². The van der Waals surface area contributed by atoms with Gasteiger partial charge in [-0.2, -0.15) is 0 Å². The fourth-order valence-electron chi connectivity index (χ4n) is 7.53. The molecule has 4 aliphatic rings. The van der Waals surface area contributed by atoms with Crippen molar-refractivity contribution in [2.75, 3.05) is 27.2 Å². The number of aryl methyl sites for hydroxylation is 1. The molecule has 1 aromatic rings. The number of nitrogens with zero attached hydrogens (tertiary/aromatic N) is 2. The summed E-state index contributed by atoms with van der Waals surface area (Å²) in [5.74, 6) is -13.6. The molecule has 1 aliphatic heterocycles. The smallest absolute Gasteiger partial charge is 0.250 e. The van der Waals surface area contributed by atoms with Gasteiger partial charge < -0.3 is 15.9 Å². The number of likely N-dealkylation sites (tertiary alicyclic amines) is 1. The highest BCUT2D eigenvalue weighted by Crippen LogP contribution is 2.51. The average molecular weight is 576 g/mol. The van der Waals surface area contributed by atoms with Crippen molar-refractivity contribution in [3.63, 3.8) is 0 Å². The third-order valence-corrected chi connectivity index (χ3v) is 9.60. The molecule has 0 radical (unpaired) electrons. The molecule has 41 heavy (non-hydrogen) atoms. The Balaban J connectivity index is 1.56. The molecule has 1 amide bonds. The van der Waals surface area contributed by atoms with Crippen LogP contribution >= 0.6 is 0 Å². The van der Waals surface area contributed by atoms with Gasteiger partial charge in [0.2, 0.25) is 5.91 Å². The van der Waals surface area contributed by atoms with E-state index in [1.165, 1.54) is 19.0 Å². The number of fused-ring (bicyclic) bond motifs is 3. The van der Waals surface area contributed by atoms with E-state index < -0.39 is 70.3 Å². The summed E-state index contributed by atoms with van der Waals surface area (Å²) in [5.41, 5.74) is 4.21. The largest absolute Gasteiger partial charge is 0.507 e. The summed E-state index contributed by atoms with van der Waals surface area (Å²) in [6.07, 6.45) is 0.0493. The number of carbonyl (C=O) groups excluding carboxylic acids is 5. The highest BCUT2D eigenvalue weighted by atomic mass is 19.3. The van der Waals surface area contributed by atoms with Crippen molar-refractivity contribution in [3.8, 4) is 5.75 Å². The van der Waals surface area contributed by atoms with E-state index in [9.17, 15) is 43.0 Å². The number of nitrogens with two attached hydrogens (primary N) is 1. The number of rotatable bonds is 5. The number of halogens is 2. The minimum atomic E-state index is -2.78. The molecule has 0 bridgehead atoms. The van der Waals surface area contributed by atoms with Crippen LogP contribution in [0.3, 0.4) is 0 Å². The number of phenols is 1. The Labute approximate surface area is 235 Å². The lowest BCUT2D eigenvalue weighted by Crippen LogP contribution is -2.74. The van der Waals surface area contributed by atoms with Crippen molar-refractivity contribution in [2.45, 2.75) is 63.1 Å². The maximum absolute atomic E-state index is 14.0. The van der Waals surface area contributed by atoms with Gasteiger partial charge in [-0.15, -0.1) is 0 Å². The molecule has 0 spiro atoms. The van der Waals surface area contributed by atoms with Crippen molar-refractivity contribution < 1.29 is 43.0 Å². The molecule has 1 saturated heterocycles. The second-order valence-electron chi connectivity index (χ2n) is 12.2. The van der Waals surface area contributed by atoms with Crippen LogP contribution in [0.5, 0.6) is 5.75 Å². The molecular weight excluding hydrogens is 540 g/mol. The number of ketones is 4. The van der Waals surface area contributed by atoms with Crippen LogP contribution in [-0.4, -0.2) is 93.8 Å². The number of phenolic OH excluding ortho intramolecular Hbond substituents is 1. The van der Waals surface area contributed by atoms with Crippen LogP contribution in [0.15, 0.2) is 6.07 Å². The van der Waals surface area contributed by atoms with E-state index in [-0.39, 0.29) is 56.6 Å². The van der Waals surface area contributed by atoms with E-state index in [4.69, 9.17) is 5.73 Å². The third-order valence-electron chi connectivity index (χ3n) is 9.60. The number of aromatic hydroxyl groups is 1. The van der Waals surface area contributed by atoms with Gasteiger partial charge in [-0.25, -0.2) is 8.78 Å². The van der Waals surface area contributed by atoms with Crippen molar-refractivity contribution in [3.05, 3.63) is 28.3 Å². The standard InChI is InChI=1S/C29H35F2N3O7/c1-4-13-9-15(12-34-7-5-28(30,31)6-8-34)22(35)19-16(13)10-14-11-17-21(33(2)3)24(37)20(27(32)40)26(39)29(17,41)25(38)18(14)23(19)36/h9,14,17-18,20-21,35,41H,4-8,10-12H2,1-3H3,(H2,32,40)/t14-,17-,18?,20?,21-,29-/m0/s1. The van der Waals surface area contributed by atoms with Gasteiger partial charge in [-0.1, -0.05) is 13.0 Å². The number of hydrogen-bond donors (Lipinski definition) is 3. The number of aliphatic hydroxyl groups is 1. The first-order chi connectivity index (χ1) is 19.1. The molecule has 2 saturated carbocycles. The number of amides is 1. The Hall–Kier alpha value is -3.09. The molecular formula is C29H35F2N3O7. The lowest BCUT2D eigenvalue weighted by atomic mass is 9.52. The highest BCUT2D eigenvalue weighted by molar-refractivity contribution is 6.32. The van der Waals surface area contributed by atoms with Gasteiger partial charge in [0.25, 0.3) is 5.92 Å². The molecule has 1 heterocycles. The second-order valence-corrected chi connectivity index (χ2v) is 12.2. The van der Waals surface area contributed by atoms with E-state index in [1.54, 1.807) is 11.0 Å². The van der Waals surface area contributed by atoms with Crippen LogP contribution in [0.4, 0.5) is 8.78 Å². The van der Waals surface area contributed by atoms with Gasteiger partial charge in [0, 0.05) is 44.0 Å². The number of carbonyl (C=O) groups is 5. The van der Waals surface area contributed by atoms with Crippen molar-refractivity contribution in [1.82, 2.24) is 9.80 Å². The SMILES string of the molecule is CCc1cc(CN2CCC(F)(F)CC2)c(O)c2c1C[C@H]1C[C@H]3[C@H](N(C)C)C(=O)C(C(N)=O)C(=O)[C@@]3(O)C(=O)C1C2=O. The quantitative estimate of drug-likeness (QED) is 0.429. The first-order valence-corrected chi connectivity index (χ1v) is 14.0. The Bertz CT molecular complexity index is 1350. The van der Waals surface area contributed by atoms with Gasteiger partial charge in [0.15, 0.2) is 34.7 Å². The topological polar surface area (TPSA) is 158 Å². The van der Waals surface area contributed by atoms with Crippen molar-refractivity contribution >= 4 is 29.0 Å². The lowest BCUT2D eigenvalue weighted by Gasteiger charge is -2.52. The zero-order valence-corrected chi connectivity index (χ0v) is 23.3. The van der Waals surface area contributed by atoms with E-state index in [0.29, 0.717) is 17.5 Å². The summed E-state index contributed by atoms with van der Waals surface area (Å²) in [4.78, 5) is 69.9. The third kappa shape index (κ3) is 4.42. The van der Waals surface area contributed by atoms with Crippen LogP contribution < -0.4 is 5.73 Å². The second kappa shape index (κ2) is 10.0. The van der Waals surface area contributed by atoms with Gasteiger partial charge in [0.1, 0.15) is 5.75 Å². The fraction of sp³-hybridized carbons (Fsp3) is 0.621. The Morgan fingerprint density at radius 3 is 2.32 bits per heavy atom. The van der Waals surface area contributed by atoms with E-state index in [2.05, 4.69) is 0 Å². The highest BCUT2D eigenvalue weighted by Gasteiger charge is 2.69. The van der Waals surface area contributed by atoms with Gasteiger partial charge in [0.05, 0.1) is 17.5 Å². The normalized spacial score (nSPS) is 33.4. The predicted octanol–water partition coefficient (Wildman–Crippen LogP) is 0.661. The zero-order valence-electron chi connectivity index (χ0n) is 23.3. The molecule has 4 N–H and O–H groups in total. The maximum atomic E-state index is 14.0. The van der Waals surface area contributed by atoms with Crippen LogP contribution in [0.2, 0.25) is 0 Å². The number of benzene rings is 1. The number of piperidine rings is 1. The maximum Gasteiger partial charge on any atom is 0.250 e. The minimum Gasteiger partial charge on any atom is -0.507 e. The van der Waals surface area contributed by atoms with E-state index in [0.717, 1.165) is 5.56 Å². The number of alkyl halides is 2. The van der Waals surface area contributed by atoms with Crippen molar-refractivity contribution in [2.24, 2.45) is 29.4 Å². The fourth-order valence-corrected chi connectivity index (χ4v) is 7.53. The minimum absolute atomic E-state index is 0.0163. The number of Topliss-reactive ketones (excluding diaryl/α,β-unsaturated/α-hetero) is 4. The van der Waals surface area contributed by atoms with Crippen LogP contribution in [0.1, 0.15) is 53.2 Å². The molecule has 12 heteroatoms. The molecule has 0 aromatic heterocycles. The number of primary amides is 1. The van der Waals surface area contributed by atoms with Gasteiger partial charge in [-0.05, 0) is 50.4 Å². The average Bonchev–Trinajstić information content (AvgIpc) is 2.88. The molecule has 1 aromatic carbocycles. The number of hydrogen-bond acceptors (Lipinski definition) is 9. The van der Waals surface area contributed by atoms with E-state index in [1.807, 2.05) is 6.92 Å². The van der Waals surface area contributed by atoms with Crippen LogP contribution in [0.25, 0.3) is 0 Å². The molecule has 10 nitrogen and oxygen atoms in total. The molecule has 2 unspecified atom stereocenters. The Morgan fingerprint density at radius 2 is 1.76 bits per heavy atom. The van der Waals surface area contributed by atoms with Gasteiger partial charge >= 0.3 is 0 Å². The summed E-state index contributed by atoms with van der Waals surface area (Å²) in [6, 6.07) is 0.610. The monoisotopic (exact) mass is 575 g/mol. The molecule has 5 rings (SSSR count). The van der Waals surface area contributed by atoms with Crippen molar-refractivity contribution in [1.29, 1.82) is 0 Å². The zero-order chi connectivity index (χ0) is 30.2. The molecule has 6 atom stereocenters. The summed E-state index contributed by atoms with van der Waals surface area (Å²) in [7, 11) is 3.07. The lowest BCUT2D eigenvalue weighted by molar-refractivity contribution is -0.181.